The van der Waals surface area contributed by atoms with Gasteiger partial charge >= 0.3 is 0 Å². The van der Waals surface area contributed by atoms with Gasteiger partial charge < -0.3 is 15.3 Å². The predicted molar refractivity (Wildman–Crippen MR) is 70.7 cm³/mol. The van der Waals surface area contributed by atoms with Crippen LogP contribution in [0, 0.1) is 0 Å². The fraction of sp³-hybridized carbons (Fsp3) is 0.500. The number of amides is 1. The molecule has 4 heteroatoms. The molecule has 1 atom stereocenters. The van der Waals surface area contributed by atoms with Crippen LogP contribution in [0.15, 0.2) is 24.3 Å². The van der Waals surface area contributed by atoms with Crippen LogP contribution in [0.2, 0.25) is 0 Å². The maximum absolute atomic E-state index is 12.3. The Kier molecular flexibility index (Phi) is 4.20. The second-order valence-electron chi connectivity index (χ2n) is 4.80. The molecule has 1 unspecified atom stereocenters. The smallest absolute Gasteiger partial charge is 0.253 e. The summed E-state index contributed by atoms with van der Waals surface area (Å²) in [4.78, 5) is 14.1. The first-order chi connectivity index (χ1) is 8.68. The van der Waals surface area contributed by atoms with E-state index in [0.29, 0.717) is 11.6 Å². The molecule has 1 aliphatic rings. The van der Waals surface area contributed by atoms with Crippen LogP contribution in [0.5, 0.6) is 5.75 Å². The van der Waals surface area contributed by atoms with E-state index in [4.69, 9.17) is 0 Å². The first-order valence-corrected chi connectivity index (χ1v) is 6.45. The van der Waals surface area contributed by atoms with E-state index in [2.05, 4.69) is 5.32 Å². The van der Waals surface area contributed by atoms with Gasteiger partial charge in [-0.2, -0.15) is 0 Å². The third-order valence-electron chi connectivity index (χ3n) is 3.53. The van der Waals surface area contributed by atoms with Crippen molar-refractivity contribution in [1.29, 1.82) is 0 Å². The van der Waals surface area contributed by atoms with Gasteiger partial charge in [0, 0.05) is 18.7 Å². The lowest BCUT2D eigenvalue weighted by Crippen LogP contribution is -2.37. The van der Waals surface area contributed by atoms with Crippen LogP contribution in [0.1, 0.15) is 29.6 Å². The number of benzene rings is 1. The molecule has 1 aliphatic heterocycles. The van der Waals surface area contributed by atoms with Crippen molar-refractivity contribution in [3.8, 4) is 5.75 Å². The summed E-state index contributed by atoms with van der Waals surface area (Å²) in [6.45, 7) is 2.01. The summed E-state index contributed by atoms with van der Waals surface area (Å²) in [6.07, 6.45) is 3.16. The van der Waals surface area contributed by atoms with Gasteiger partial charge in [0.25, 0.3) is 5.91 Å². The molecule has 0 aromatic heterocycles. The highest BCUT2D eigenvalue weighted by Gasteiger charge is 2.21. The number of nitrogens with zero attached hydrogens (tertiary/aromatic N) is 1. The molecule has 1 aromatic rings. The Morgan fingerprint density at radius 1 is 1.28 bits per heavy atom. The second-order valence-corrected chi connectivity index (χ2v) is 4.80. The van der Waals surface area contributed by atoms with Crippen molar-refractivity contribution in [2.45, 2.75) is 25.3 Å². The van der Waals surface area contributed by atoms with Gasteiger partial charge in [0.05, 0.1) is 0 Å². The summed E-state index contributed by atoms with van der Waals surface area (Å²) >= 11 is 0. The molecule has 4 nitrogen and oxygen atoms in total. The Hall–Kier alpha value is -1.55. The number of phenols is 1. The minimum Gasteiger partial charge on any atom is -0.508 e. The number of aromatic hydroxyl groups is 1. The summed E-state index contributed by atoms with van der Waals surface area (Å²) in [5.41, 5.74) is 0.632. The monoisotopic (exact) mass is 248 g/mol. The zero-order valence-corrected chi connectivity index (χ0v) is 10.7. The highest BCUT2D eigenvalue weighted by atomic mass is 16.3. The zero-order valence-electron chi connectivity index (χ0n) is 10.7. The molecule has 18 heavy (non-hydrogen) atoms. The third kappa shape index (κ3) is 3.01. The van der Waals surface area contributed by atoms with Crippen LogP contribution < -0.4 is 5.32 Å². The molecule has 0 spiro atoms. The molecular weight excluding hydrogens is 228 g/mol. The largest absolute Gasteiger partial charge is 0.508 e. The lowest BCUT2D eigenvalue weighted by Gasteiger charge is -2.27. The number of hydrogen-bond donors (Lipinski definition) is 2. The summed E-state index contributed by atoms with van der Waals surface area (Å²) in [7, 11) is 1.87. The van der Waals surface area contributed by atoms with E-state index in [1.54, 1.807) is 24.3 Å². The lowest BCUT2D eigenvalue weighted by atomic mass is 10.1. The molecule has 0 saturated carbocycles. The number of rotatable bonds is 2. The molecule has 1 fully saturated rings. The quantitative estimate of drug-likeness (QED) is 0.836. The number of carbonyl (C=O) groups excluding carboxylic acids is 1. The van der Waals surface area contributed by atoms with Crippen molar-refractivity contribution >= 4 is 5.91 Å². The van der Waals surface area contributed by atoms with Crippen LogP contribution in [0.25, 0.3) is 0 Å². The van der Waals surface area contributed by atoms with Crippen molar-refractivity contribution in [2.24, 2.45) is 0 Å². The zero-order chi connectivity index (χ0) is 13.0. The highest BCUT2D eigenvalue weighted by Crippen LogP contribution is 2.16. The van der Waals surface area contributed by atoms with E-state index in [-0.39, 0.29) is 11.7 Å². The second kappa shape index (κ2) is 5.87. The van der Waals surface area contributed by atoms with Crippen LogP contribution in [-0.4, -0.2) is 42.1 Å². The normalized spacial score (nSPS) is 20.2. The Morgan fingerprint density at radius 2 is 2.00 bits per heavy atom. The third-order valence-corrected chi connectivity index (χ3v) is 3.53. The minimum atomic E-state index is 0.0295. The maximum Gasteiger partial charge on any atom is 0.253 e. The SMILES string of the molecule is CN(C(=O)c1ccc(O)cc1)C1CCCNCC1. The van der Waals surface area contributed by atoms with E-state index in [9.17, 15) is 9.90 Å². The van der Waals surface area contributed by atoms with E-state index < -0.39 is 0 Å². The highest BCUT2D eigenvalue weighted by molar-refractivity contribution is 5.94. The van der Waals surface area contributed by atoms with Gasteiger partial charge in [-0.1, -0.05) is 0 Å². The first-order valence-electron chi connectivity index (χ1n) is 6.45. The first kappa shape index (κ1) is 12.9. The molecule has 1 heterocycles. The maximum atomic E-state index is 12.3. The molecule has 1 saturated heterocycles. The topological polar surface area (TPSA) is 52.6 Å². The fourth-order valence-corrected chi connectivity index (χ4v) is 2.36. The van der Waals surface area contributed by atoms with Crippen LogP contribution >= 0.6 is 0 Å². The van der Waals surface area contributed by atoms with Crippen molar-refractivity contribution in [2.75, 3.05) is 20.1 Å². The van der Waals surface area contributed by atoms with Gasteiger partial charge in [-0.3, -0.25) is 4.79 Å². The molecule has 0 aliphatic carbocycles. The Bertz CT molecular complexity index is 395. The van der Waals surface area contributed by atoms with Gasteiger partial charge in [0.2, 0.25) is 0 Å². The average Bonchev–Trinajstić information content (AvgIpc) is 2.67. The van der Waals surface area contributed by atoms with Gasteiger partial charge in [-0.05, 0) is 56.6 Å². The number of hydrogen-bond acceptors (Lipinski definition) is 3. The predicted octanol–water partition coefficient (Wildman–Crippen LogP) is 1.61. The number of phenolic OH excluding ortho intramolecular Hbond substituents is 1. The van der Waals surface area contributed by atoms with Crippen LogP contribution in [-0.2, 0) is 0 Å². The summed E-state index contributed by atoms with van der Waals surface area (Å²) in [5, 5.41) is 12.6. The van der Waals surface area contributed by atoms with Gasteiger partial charge in [-0.15, -0.1) is 0 Å². The van der Waals surface area contributed by atoms with Crippen molar-refractivity contribution in [3.63, 3.8) is 0 Å². The van der Waals surface area contributed by atoms with Crippen LogP contribution in [0.3, 0.4) is 0 Å². The minimum absolute atomic E-state index is 0.0295. The number of carbonyl (C=O) groups is 1. The number of nitrogens with one attached hydrogen (secondary N) is 1. The molecule has 98 valence electrons. The molecule has 2 rings (SSSR count). The Morgan fingerprint density at radius 3 is 2.72 bits per heavy atom. The van der Waals surface area contributed by atoms with Crippen molar-refractivity contribution in [3.05, 3.63) is 29.8 Å². The van der Waals surface area contributed by atoms with E-state index >= 15 is 0 Å². The summed E-state index contributed by atoms with van der Waals surface area (Å²) < 4.78 is 0. The standard InChI is InChI=1S/C14H20N2O2/c1-16(12-3-2-9-15-10-8-12)14(18)11-4-6-13(17)7-5-11/h4-7,12,15,17H,2-3,8-10H2,1H3. The van der Waals surface area contributed by atoms with E-state index in [1.807, 2.05) is 11.9 Å². The van der Waals surface area contributed by atoms with Crippen molar-refractivity contribution in [1.82, 2.24) is 10.2 Å². The summed E-state index contributed by atoms with van der Waals surface area (Å²) in [6, 6.07) is 6.75. The lowest BCUT2D eigenvalue weighted by molar-refractivity contribution is 0.0720. The van der Waals surface area contributed by atoms with Crippen molar-refractivity contribution < 1.29 is 9.90 Å². The van der Waals surface area contributed by atoms with Gasteiger partial charge in [0.15, 0.2) is 0 Å². The molecule has 0 bridgehead atoms. The van der Waals surface area contributed by atoms with Gasteiger partial charge in [0.1, 0.15) is 5.75 Å². The molecule has 2 N–H and O–H groups in total. The Labute approximate surface area is 108 Å². The average molecular weight is 248 g/mol. The Balaban J connectivity index is 2.05. The molecule has 1 aromatic carbocycles. The van der Waals surface area contributed by atoms with E-state index in [1.165, 1.54) is 0 Å². The molecular formula is C14H20N2O2. The molecule has 1 amide bonds. The summed E-state index contributed by atoms with van der Waals surface area (Å²) in [5.74, 6) is 0.217. The molecule has 0 radical (unpaired) electrons. The van der Waals surface area contributed by atoms with Gasteiger partial charge in [-0.25, -0.2) is 0 Å². The fourth-order valence-electron chi connectivity index (χ4n) is 2.36. The van der Waals surface area contributed by atoms with Crippen LogP contribution in [0.4, 0.5) is 0 Å². The van der Waals surface area contributed by atoms with E-state index in [0.717, 1.165) is 32.4 Å².